The van der Waals surface area contributed by atoms with Crippen LogP contribution in [-0.4, -0.2) is 23.4 Å². The number of pyridine rings is 1. The molecule has 1 fully saturated rings. The van der Waals surface area contributed by atoms with E-state index in [0.717, 1.165) is 12.8 Å². The van der Waals surface area contributed by atoms with E-state index < -0.39 is 18.3 Å². The summed E-state index contributed by atoms with van der Waals surface area (Å²) in [4.78, 5) is 15.9. The van der Waals surface area contributed by atoms with Gasteiger partial charge in [0.25, 0.3) is 0 Å². The third-order valence-corrected chi connectivity index (χ3v) is 4.79. The minimum Gasteiger partial charge on any atom is -0.446 e. The van der Waals surface area contributed by atoms with Gasteiger partial charge in [-0.05, 0) is 42.7 Å². The molecule has 1 aromatic heterocycles. The standard InChI is InChI=1S/C18H25F3N2O2/c1-11(2)13-8-7-12(3)10-15(13)25-17(24)23-16(18(19,20)21)14-6-4-5-9-22-14/h4-6,9,11-13,15-16H,7-8,10H2,1-3H3,(H,23,24)/t12-,13+,15-,16+/m1/s1. The van der Waals surface area contributed by atoms with Crippen LogP contribution >= 0.6 is 0 Å². The second kappa shape index (κ2) is 8.06. The predicted molar refractivity (Wildman–Crippen MR) is 87.8 cm³/mol. The Kier molecular flexibility index (Phi) is 6.30. The molecule has 0 aromatic carbocycles. The maximum atomic E-state index is 13.3. The van der Waals surface area contributed by atoms with Gasteiger partial charge in [-0.25, -0.2) is 4.79 Å². The third kappa shape index (κ3) is 5.34. The van der Waals surface area contributed by atoms with Crippen molar-refractivity contribution < 1.29 is 22.7 Å². The average molecular weight is 358 g/mol. The highest BCUT2D eigenvalue weighted by atomic mass is 19.4. The Morgan fingerprint density at radius 3 is 2.60 bits per heavy atom. The molecule has 1 aliphatic carbocycles. The van der Waals surface area contributed by atoms with Crippen LogP contribution in [-0.2, 0) is 4.74 Å². The van der Waals surface area contributed by atoms with Gasteiger partial charge in [-0.1, -0.05) is 33.3 Å². The molecular weight excluding hydrogens is 333 g/mol. The summed E-state index contributed by atoms with van der Waals surface area (Å²) < 4.78 is 45.3. The number of alkyl halides is 3. The topological polar surface area (TPSA) is 51.2 Å². The summed E-state index contributed by atoms with van der Waals surface area (Å²) in [6.45, 7) is 6.15. The molecule has 1 aliphatic rings. The lowest BCUT2D eigenvalue weighted by Crippen LogP contribution is -2.43. The largest absolute Gasteiger partial charge is 0.446 e. The van der Waals surface area contributed by atoms with Gasteiger partial charge in [-0.2, -0.15) is 13.2 Å². The highest BCUT2D eigenvalue weighted by molar-refractivity contribution is 5.68. The van der Waals surface area contributed by atoms with Crippen LogP contribution in [0.25, 0.3) is 0 Å². The van der Waals surface area contributed by atoms with Crippen molar-refractivity contribution in [3.63, 3.8) is 0 Å². The molecule has 7 heteroatoms. The Balaban J connectivity index is 2.08. The van der Waals surface area contributed by atoms with Crippen molar-refractivity contribution in [2.45, 2.75) is 58.4 Å². The van der Waals surface area contributed by atoms with Crippen LogP contribution in [0.15, 0.2) is 24.4 Å². The van der Waals surface area contributed by atoms with E-state index in [1.165, 1.54) is 24.4 Å². The van der Waals surface area contributed by atoms with Crippen molar-refractivity contribution in [1.29, 1.82) is 0 Å². The first kappa shape index (κ1) is 19.5. The number of nitrogens with one attached hydrogen (secondary N) is 1. The number of carbonyl (C=O) groups is 1. The smallest absolute Gasteiger partial charge is 0.414 e. The zero-order chi connectivity index (χ0) is 18.6. The van der Waals surface area contributed by atoms with Gasteiger partial charge in [-0.15, -0.1) is 0 Å². The SMILES string of the molecule is CC(C)[C@@H]1CC[C@@H](C)C[C@H]1OC(=O)N[C@@H](c1ccccn1)C(F)(F)F. The van der Waals surface area contributed by atoms with Crippen molar-refractivity contribution in [1.82, 2.24) is 10.3 Å². The second-order valence-electron chi connectivity index (χ2n) is 7.14. The molecule has 2 rings (SSSR count). The van der Waals surface area contributed by atoms with Crippen molar-refractivity contribution in [3.05, 3.63) is 30.1 Å². The third-order valence-electron chi connectivity index (χ3n) is 4.79. The fourth-order valence-corrected chi connectivity index (χ4v) is 3.41. The Hall–Kier alpha value is -1.79. The highest BCUT2D eigenvalue weighted by Crippen LogP contribution is 2.36. The first-order valence-electron chi connectivity index (χ1n) is 8.63. The van der Waals surface area contributed by atoms with Crippen molar-refractivity contribution >= 4 is 6.09 Å². The first-order valence-corrected chi connectivity index (χ1v) is 8.63. The fourth-order valence-electron chi connectivity index (χ4n) is 3.41. The molecule has 0 unspecified atom stereocenters. The van der Waals surface area contributed by atoms with E-state index >= 15 is 0 Å². The van der Waals surface area contributed by atoms with Crippen LogP contribution in [0.5, 0.6) is 0 Å². The molecular formula is C18H25F3N2O2. The Morgan fingerprint density at radius 1 is 1.32 bits per heavy atom. The molecule has 0 radical (unpaired) electrons. The summed E-state index contributed by atoms with van der Waals surface area (Å²) in [5.41, 5.74) is -0.260. The minimum atomic E-state index is -4.65. The summed E-state index contributed by atoms with van der Waals surface area (Å²) in [5.74, 6) is 0.864. The number of hydrogen-bond donors (Lipinski definition) is 1. The zero-order valence-corrected chi connectivity index (χ0v) is 14.7. The summed E-state index contributed by atoms with van der Waals surface area (Å²) >= 11 is 0. The maximum absolute atomic E-state index is 13.3. The maximum Gasteiger partial charge on any atom is 0.414 e. The van der Waals surface area contributed by atoms with Crippen LogP contribution in [0.2, 0.25) is 0 Å². The van der Waals surface area contributed by atoms with Gasteiger partial charge in [0.1, 0.15) is 6.10 Å². The number of rotatable bonds is 4. The van der Waals surface area contributed by atoms with Crippen molar-refractivity contribution in [2.75, 3.05) is 0 Å². The molecule has 1 saturated carbocycles. The minimum absolute atomic E-state index is 0.168. The molecule has 0 spiro atoms. The van der Waals surface area contributed by atoms with E-state index in [1.54, 1.807) is 0 Å². The van der Waals surface area contributed by atoms with Gasteiger partial charge in [0.15, 0.2) is 6.04 Å². The van der Waals surface area contributed by atoms with Crippen LogP contribution in [0, 0.1) is 17.8 Å². The zero-order valence-electron chi connectivity index (χ0n) is 14.7. The van der Waals surface area contributed by atoms with Crippen LogP contribution < -0.4 is 5.32 Å². The molecule has 4 nitrogen and oxygen atoms in total. The number of carbonyl (C=O) groups excluding carboxylic acids is 1. The van der Waals surface area contributed by atoms with E-state index in [2.05, 4.69) is 11.9 Å². The molecule has 4 atom stereocenters. The van der Waals surface area contributed by atoms with Crippen LogP contribution in [0.1, 0.15) is 51.8 Å². The first-order chi connectivity index (χ1) is 11.7. The molecule has 0 bridgehead atoms. The lowest BCUT2D eigenvalue weighted by molar-refractivity contribution is -0.157. The lowest BCUT2D eigenvalue weighted by Gasteiger charge is -2.37. The van der Waals surface area contributed by atoms with Gasteiger partial charge in [0.05, 0.1) is 5.69 Å². The monoisotopic (exact) mass is 358 g/mol. The average Bonchev–Trinajstić information content (AvgIpc) is 2.52. The summed E-state index contributed by atoms with van der Waals surface area (Å²) in [6.07, 6.45) is -2.15. The van der Waals surface area contributed by atoms with E-state index in [4.69, 9.17) is 4.74 Å². The molecule has 1 N–H and O–H groups in total. The number of ether oxygens (including phenoxy) is 1. The Morgan fingerprint density at radius 2 is 2.04 bits per heavy atom. The number of nitrogens with zero attached hydrogens (tertiary/aromatic N) is 1. The van der Waals surface area contributed by atoms with E-state index in [0.29, 0.717) is 18.3 Å². The fraction of sp³-hybridized carbons (Fsp3) is 0.667. The summed E-state index contributed by atoms with van der Waals surface area (Å²) in [7, 11) is 0. The number of amides is 1. The van der Waals surface area contributed by atoms with Gasteiger partial charge >= 0.3 is 12.3 Å². The number of halogens is 3. The van der Waals surface area contributed by atoms with E-state index in [1.807, 2.05) is 19.2 Å². The quantitative estimate of drug-likeness (QED) is 0.835. The number of alkyl carbamates (subject to hydrolysis) is 1. The van der Waals surface area contributed by atoms with Gasteiger partial charge in [-0.3, -0.25) is 4.98 Å². The van der Waals surface area contributed by atoms with Crippen LogP contribution in [0.3, 0.4) is 0 Å². The van der Waals surface area contributed by atoms with Gasteiger partial charge < -0.3 is 10.1 Å². The van der Waals surface area contributed by atoms with E-state index in [9.17, 15) is 18.0 Å². The summed E-state index contributed by atoms with van der Waals surface area (Å²) in [5, 5.41) is 1.95. The van der Waals surface area contributed by atoms with E-state index in [-0.39, 0.29) is 17.7 Å². The Bertz CT molecular complexity index is 563. The van der Waals surface area contributed by atoms with Gasteiger partial charge in [0.2, 0.25) is 0 Å². The molecule has 1 aromatic rings. The summed E-state index contributed by atoms with van der Waals surface area (Å²) in [6, 6.07) is 2.02. The number of aromatic nitrogens is 1. The number of hydrogen-bond acceptors (Lipinski definition) is 3. The second-order valence-corrected chi connectivity index (χ2v) is 7.14. The molecule has 0 saturated heterocycles. The molecule has 140 valence electrons. The highest BCUT2D eigenvalue weighted by Gasteiger charge is 2.44. The molecule has 1 amide bonds. The van der Waals surface area contributed by atoms with Crippen molar-refractivity contribution in [3.8, 4) is 0 Å². The van der Waals surface area contributed by atoms with Crippen molar-refractivity contribution in [2.24, 2.45) is 17.8 Å². The van der Waals surface area contributed by atoms with Crippen LogP contribution in [0.4, 0.5) is 18.0 Å². The normalized spacial score (nSPS) is 25.5. The molecule has 25 heavy (non-hydrogen) atoms. The Labute approximate surface area is 146 Å². The lowest BCUT2D eigenvalue weighted by atomic mass is 9.75. The molecule has 0 aliphatic heterocycles. The molecule has 1 heterocycles. The van der Waals surface area contributed by atoms with Gasteiger partial charge in [0, 0.05) is 6.20 Å². The predicted octanol–water partition coefficient (Wildman–Crippen LogP) is 4.87.